The van der Waals surface area contributed by atoms with Crippen molar-refractivity contribution in [3.63, 3.8) is 0 Å². The first kappa shape index (κ1) is 20.1. The Labute approximate surface area is 181 Å². The normalized spacial score (nSPS) is 17.6. The van der Waals surface area contributed by atoms with Crippen LogP contribution in [0.4, 0.5) is 10.1 Å². The molecule has 3 heterocycles. The molecule has 6 nitrogen and oxygen atoms in total. The molecule has 162 valence electrons. The average molecular weight is 442 g/mol. The molecule has 1 saturated heterocycles. The van der Waals surface area contributed by atoms with Gasteiger partial charge in [0.2, 0.25) is 10.0 Å². The summed E-state index contributed by atoms with van der Waals surface area (Å²) in [6.45, 7) is 2.38. The number of aromatic nitrogens is 1. The molecular weight excluding hydrogens is 417 g/mol. The van der Waals surface area contributed by atoms with E-state index in [1.807, 2.05) is 30.5 Å². The predicted octanol–water partition coefficient (Wildman–Crippen LogP) is 4.04. The number of ether oxygens (including phenoxy) is 1. The van der Waals surface area contributed by atoms with Gasteiger partial charge in [-0.2, -0.15) is 4.31 Å². The predicted molar refractivity (Wildman–Crippen MR) is 117 cm³/mol. The highest BCUT2D eigenvalue weighted by molar-refractivity contribution is 7.89. The molecule has 2 aliphatic heterocycles. The van der Waals surface area contributed by atoms with E-state index in [-0.39, 0.29) is 10.4 Å². The van der Waals surface area contributed by atoms with Crippen LogP contribution in [0.5, 0.6) is 5.75 Å². The number of fused-ring (bicyclic) bond motifs is 4. The lowest BCUT2D eigenvalue weighted by Crippen LogP contribution is -2.51. The minimum atomic E-state index is -3.77. The highest BCUT2D eigenvalue weighted by atomic mass is 32.2. The molecule has 1 fully saturated rings. The summed E-state index contributed by atoms with van der Waals surface area (Å²) in [5.41, 5.74) is 3.28. The molecule has 2 aromatic carbocycles. The second-order valence-corrected chi connectivity index (χ2v) is 10.1. The highest BCUT2D eigenvalue weighted by Crippen LogP contribution is 2.45. The molecule has 5 rings (SSSR count). The molecule has 0 radical (unpaired) electrons. The van der Waals surface area contributed by atoms with Gasteiger partial charge < -0.3 is 14.6 Å². The van der Waals surface area contributed by atoms with Gasteiger partial charge in [0.25, 0.3) is 0 Å². The van der Waals surface area contributed by atoms with Crippen LogP contribution in [0.15, 0.2) is 59.6 Å². The Morgan fingerprint density at radius 2 is 1.87 bits per heavy atom. The smallest absolute Gasteiger partial charge is 0.243 e. The van der Waals surface area contributed by atoms with Gasteiger partial charge in [0.15, 0.2) is 0 Å². The van der Waals surface area contributed by atoms with Gasteiger partial charge in [-0.15, -0.1) is 0 Å². The van der Waals surface area contributed by atoms with E-state index in [1.165, 1.54) is 16.4 Å². The van der Waals surface area contributed by atoms with E-state index in [4.69, 9.17) is 4.74 Å². The number of hydrogen-bond acceptors (Lipinski definition) is 4. The van der Waals surface area contributed by atoms with E-state index < -0.39 is 15.8 Å². The Balaban J connectivity index is 1.46. The first-order valence-electron chi connectivity index (χ1n) is 10.2. The number of nitrogens with one attached hydrogen (secondary N) is 1. The summed E-state index contributed by atoms with van der Waals surface area (Å²) in [4.78, 5) is 0.0403. The number of anilines is 1. The number of rotatable bonds is 3. The molecule has 0 bridgehead atoms. The van der Waals surface area contributed by atoms with E-state index in [0.29, 0.717) is 31.5 Å². The zero-order chi connectivity index (χ0) is 21.8. The summed E-state index contributed by atoms with van der Waals surface area (Å²) in [5.74, 6) is 0.216. The fraction of sp³-hybridized carbons (Fsp3) is 0.304. The third kappa shape index (κ3) is 3.13. The number of hydrogen-bond donors (Lipinski definition) is 1. The van der Waals surface area contributed by atoms with Crippen LogP contribution in [0, 0.1) is 12.7 Å². The molecule has 31 heavy (non-hydrogen) atoms. The van der Waals surface area contributed by atoms with Crippen molar-refractivity contribution in [2.45, 2.75) is 30.2 Å². The van der Waals surface area contributed by atoms with Gasteiger partial charge >= 0.3 is 0 Å². The molecule has 0 aliphatic carbocycles. The van der Waals surface area contributed by atoms with E-state index in [1.54, 1.807) is 14.0 Å². The number of piperidine rings is 1. The maximum Gasteiger partial charge on any atom is 0.243 e. The van der Waals surface area contributed by atoms with Crippen molar-refractivity contribution in [2.75, 3.05) is 25.5 Å². The van der Waals surface area contributed by atoms with Gasteiger partial charge in [-0.05, 0) is 61.7 Å². The van der Waals surface area contributed by atoms with Gasteiger partial charge in [0.05, 0.1) is 28.9 Å². The van der Waals surface area contributed by atoms with Crippen LogP contribution in [0.1, 0.15) is 24.1 Å². The molecule has 0 amide bonds. The van der Waals surface area contributed by atoms with Crippen molar-refractivity contribution in [1.29, 1.82) is 0 Å². The van der Waals surface area contributed by atoms with Gasteiger partial charge in [-0.3, -0.25) is 0 Å². The summed E-state index contributed by atoms with van der Waals surface area (Å²) in [6.07, 6.45) is 3.23. The van der Waals surface area contributed by atoms with Crippen LogP contribution in [-0.2, 0) is 15.6 Å². The number of aryl methyl sites for hydroxylation is 1. The lowest BCUT2D eigenvalue weighted by molar-refractivity contribution is 0.247. The van der Waals surface area contributed by atoms with Gasteiger partial charge in [-0.25, -0.2) is 12.8 Å². The molecule has 2 aliphatic rings. The van der Waals surface area contributed by atoms with Gasteiger partial charge in [0.1, 0.15) is 11.6 Å². The van der Waals surface area contributed by atoms with Crippen molar-refractivity contribution in [3.8, 4) is 11.4 Å². The summed E-state index contributed by atoms with van der Waals surface area (Å²) in [7, 11) is -2.13. The second-order valence-electron chi connectivity index (χ2n) is 8.17. The molecule has 1 spiro atoms. The van der Waals surface area contributed by atoms with Crippen LogP contribution >= 0.6 is 0 Å². The molecule has 0 unspecified atom stereocenters. The van der Waals surface area contributed by atoms with Gasteiger partial charge in [-0.1, -0.05) is 6.07 Å². The minimum absolute atomic E-state index is 0.0403. The van der Waals surface area contributed by atoms with Gasteiger partial charge in [0, 0.05) is 31.0 Å². The molecular formula is C23H24FN3O3S. The van der Waals surface area contributed by atoms with Crippen molar-refractivity contribution in [3.05, 3.63) is 71.8 Å². The Hall–Kier alpha value is -2.84. The second kappa shape index (κ2) is 7.10. The maximum absolute atomic E-state index is 13.8. The van der Waals surface area contributed by atoms with Crippen molar-refractivity contribution < 1.29 is 17.5 Å². The zero-order valence-electron chi connectivity index (χ0n) is 17.4. The molecule has 1 aromatic heterocycles. The van der Waals surface area contributed by atoms with Crippen LogP contribution in [0.25, 0.3) is 5.69 Å². The molecule has 8 heteroatoms. The van der Waals surface area contributed by atoms with Crippen molar-refractivity contribution >= 4 is 15.7 Å². The fourth-order valence-corrected chi connectivity index (χ4v) is 6.41. The zero-order valence-corrected chi connectivity index (χ0v) is 18.2. The number of methoxy groups -OCH3 is 1. The number of sulfonamides is 1. The molecule has 0 saturated carbocycles. The fourth-order valence-electron chi connectivity index (χ4n) is 4.74. The molecule has 1 N–H and O–H groups in total. The number of benzene rings is 2. The first-order valence-corrected chi connectivity index (χ1v) is 11.7. The standard InChI is InChI=1S/C23H24FN3O3S/c1-16-5-6-17(24)14-21(16)31(28,29)26-12-9-23(10-13-26)22-4-3-11-27(22)20-8-7-18(30-2)15-19(20)25-23/h3-8,11,14-15,25H,9-10,12-13H2,1-2H3. The van der Waals surface area contributed by atoms with Crippen LogP contribution in [0.3, 0.4) is 0 Å². The number of halogens is 1. The largest absolute Gasteiger partial charge is 0.497 e. The minimum Gasteiger partial charge on any atom is -0.497 e. The Morgan fingerprint density at radius 1 is 1.10 bits per heavy atom. The van der Waals surface area contributed by atoms with Crippen molar-refractivity contribution in [2.24, 2.45) is 0 Å². The summed E-state index contributed by atoms with van der Waals surface area (Å²) in [6, 6.07) is 13.9. The lowest BCUT2D eigenvalue weighted by atomic mass is 9.83. The number of nitrogens with zero attached hydrogens (tertiary/aromatic N) is 2. The van der Waals surface area contributed by atoms with E-state index in [2.05, 4.69) is 16.0 Å². The van der Waals surface area contributed by atoms with Crippen LogP contribution < -0.4 is 10.1 Å². The summed E-state index contributed by atoms with van der Waals surface area (Å²) in [5, 5.41) is 3.68. The first-order chi connectivity index (χ1) is 14.8. The third-order valence-corrected chi connectivity index (χ3v) is 8.46. The average Bonchev–Trinajstić information content (AvgIpc) is 3.27. The Kier molecular flexibility index (Phi) is 4.60. The van der Waals surface area contributed by atoms with Crippen LogP contribution in [-0.4, -0.2) is 37.5 Å². The summed E-state index contributed by atoms with van der Waals surface area (Å²) >= 11 is 0. The quantitative estimate of drug-likeness (QED) is 0.666. The molecule has 3 aromatic rings. The van der Waals surface area contributed by atoms with E-state index in [9.17, 15) is 12.8 Å². The highest BCUT2D eigenvalue weighted by Gasteiger charge is 2.44. The SMILES string of the molecule is COc1ccc2c(c1)NC1(CCN(S(=O)(=O)c3cc(F)ccc3C)CC1)c1cccn1-2. The van der Waals surface area contributed by atoms with E-state index in [0.717, 1.165) is 28.9 Å². The third-order valence-electron chi connectivity index (χ3n) is 6.42. The van der Waals surface area contributed by atoms with Crippen LogP contribution in [0.2, 0.25) is 0 Å². The maximum atomic E-state index is 13.8. The Morgan fingerprint density at radius 3 is 2.61 bits per heavy atom. The van der Waals surface area contributed by atoms with E-state index >= 15 is 0 Å². The topological polar surface area (TPSA) is 63.6 Å². The van der Waals surface area contributed by atoms with Crippen molar-refractivity contribution in [1.82, 2.24) is 8.87 Å². The summed E-state index contributed by atoms with van der Waals surface area (Å²) < 4.78 is 49.2. The molecule has 0 atom stereocenters. The lowest BCUT2D eigenvalue weighted by Gasteiger charge is -2.46. The Bertz CT molecular complexity index is 1260. The monoisotopic (exact) mass is 441 g/mol.